The second-order valence-corrected chi connectivity index (χ2v) is 6.39. The summed E-state index contributed by atoms with van der Waals surface area (Å²) in [6.45, 7) is 8.45. The van der Waals surface area contributed by atoms with E-state index in [1.54, 1.807) is 34.6 Å². The van der Waals surface area contributed by atoms with Crippen LogP contribution in [0.2, 0.25) is 0 Å². The third-order valence-electron chi connectivity index (χ3n) is 2.56. The summed E-state index contributed by atoms with van der Waals surface area (Å²) in [5, 5.41) is 11.4. The lowest BCUT2D eigenvalue weighted by Crippen LogP contribution is -2.45. The van der Waals surface area contributed by atoms with Crippen molar-refractivity contribution in [3.63, 3.8) is 0 Å². The first-order chi connectivity index (χ1) is 9.36. The quantitative estimate of drug-likeness (QED) is 0.683. The Kier molecular flexibility index (Phi) is 6.82. The van der Waals surface area contributed by atoms with Crippen molar-refractivity contribution in [3.05, 3.63) is 0 Å². The van der Waals surface area contributed by atoms with Gasteiger partial charge in [0.1, 0.15) is 11.6 Å². The number of hydrogen-bond donors (Lipinski definition) is 2. The SMILES string of the molecule is COC(C)(C)CC(=O)N[C@@H](CC(=O)OC(C)(C)C)C(=O)O. The lowest BCUT2D eigenvalue weighted by Gasteiger charge is -2.24. The molecule has 0 unspecified atom stereocenters. The summed E-state index contributed by atoms with van der Waals surface area (Å²) in [7, 11) is 1.46. The molecule has 7 nitrogen and oxygen atoms in total. The minimum Gasteiger partial charge on any atom is -0.480 e. The van der Waals surface area contributed by atoms with Gasteiger partial charge in [0.05, 0.1) is 18.4 Å². The molecule has 0 aromatic carbocycles. The molecular weight excluding hydrogens is 278 g/mol. The predicted octanol–water partition coefficient (Wildman–Crippen LogP) is 1.10. The summed E-state index contributed by atoms with van der Waals surface area (Å²) < 4.78 is 10.1. The van der Waals surface area contributed by atoms with Gasteiger partial charge in [-0.05, 0) is 34.6 Å². The molecule has 122 valence electrons. The molecule has 0 aliphatic heterocycles. The molecule has 0 aromatic heterocycles. The number of amides is 1. The van der Waals surface area contributed by atoms with Crippen molar-refractivity contribution in [1.29, 1.82) is 0 Å². The van der Waals surface area contributed by atoms with Gasteiger partial charge in [-0.25, -0.2) is 4.79 Å². The van der Waals surface area contributed by atoms with Gasteiger partial charge in [-0.3, -0.25) is 9.59 Å². The lowest BCUT2D eigenvalue weighted by molar-refractivity contribution is -0.158. The van der Waals surface area contributed by atoms with Crippen LogP contribution in [0.15, 0.2) is 0 Å². The number of carboxylic acid groups (broad SMARTS) is 1. The van der Waals surface area contributed by atoms with E-state index in [1.165, 1.54) is 7.11 Å². The summed E-state index contributed by atoms with van der Waals surface area (Å²) in [6, 6.07) is -1.32. The Morgan fingerprint density at radius 3 is 2.05 bits per heavy atom. The molecule has 2 N–H and O–H groups in total. The maximum absolute atomic E-state index is 11.8. The maximum atomic E-state index is 11.8. The summed E-state index contributed by atoms with van der Waals surface area (Å²) in [5.41, 5.74) is -1.42. The molecular formula is C14H25NO6. The summed E-state index contributed by atoms with van der Waals surface area (Å²) in [6.07, 6.45) is -0.437. The van der Waals surface area contributed by atoms with Crippen LogP contribution < -0.4 is 5.32 Å². The fraction of sp³-hybridized carbons (Fsp3) is 0.786. The minimum atomic E-state index is -1.32. The van der Waals surface area contributed by atoms with Gasteiger partial charge in [-0.1, -0.05) is 0 Å². The van der Waals surface area contributed by atoms with Crippen molar-refractivity contribution in [3.8, 4) is 0 Å². The van der Waals surface area contributed by atoms with Crippen LogP contribution in [-0.2, 0) is 23.9 Å². The molecule has 0 bridgehead atoms. The van der Waals surface area contributed by atoms with Gasteiger partial charge in [0, 0.05) is 7.11 Å². The van der Waals surface area contributed by atoms with E-state index >= 15 is 0 Å². The third kappa shape index (κ3) is 9.01. The molecule has 0 aliphatic rings. The Morgan fingerprint density at radius 1 is 1.14 bits per heavy atom. The monoisotopic (exact) mass is 303 g/mol. The van der Waals surface area contributed by atoms with Crippen LogP contribution in [0.25, 0.3) is 0 Å². The summed E-state index contributed by atoms with van der Waals surface area (Å²) in [5.74, 6) is -2.47. The number of hydrogen-bond acceptors (Lipinski definition) is 5. The molecule has 1 atom stereocenters. The average molecular weight is 303 g/mol. The lowest BCUT2D eigenvalue weighted by atomic mass is 10.0. The van der Waals surface area contributed by atoms with Gasteiger partial charge >= 0.3 is 11.9 Å². The van der Waals surface area contributed by atoms with Crippen molar-refractivity contribution in [2.75, 3.05) is 7.11 Å². The van der Waals surface area contributed by atoms with E-state index in [9.17, 15) is 14.4 Å². The number of carbonyl (C=O) groups excluding carboxylic acids is 2. The highest BCUT2D eigenvalue weighted by molar-refractivity contribution is 5.87. The number of ether oxygens (including phenoxy) is 2. The van der Waals surface area contributed by atoms with Crippen LogP contribution in [0.3, 0.4) is 0 Å². The maximum Gasteiger partial charge on any atom is 0.326 e. The second kappa shape index (κ2) is 7.40. The van der Waals surface area contributed by atoms with Gasteiger partial charge in [-0.2, -0.15) is 0 Å². The highest BCUT2D eigenvalue weighted by Crippen LogP contribution is 2.13. The number of carbonyl (C=O) groups is 3. The number of aliphatic carboxylic acids is 1. The number of esters is 1. The summed E-state index contributed by atoms with van der Waals surface area (Å²) in [4.78, 5) is 34.5. The van der Waals surface area contributed by atoms with E-state index in [4.69, 9.17) is 14.6 Å². The van der Waals surface area contributed by atoms with Crippen LogP contribution in [-0.4, -0.2) is 47.3 Å². The summed E-state index contributed by atoms with van der Waals surface area (Å²) >= 11 is 0. The number of methoxy groups -OCH3 is 1. The van der Waals surface area contributed by atoms with Crippen LogP contribution in [0, 0.1) is 0 Å². The molecule has 0 spiro atoms. The normalized spacial score (nSPS) is 13.4. The largest absolute Gasteiger partial charge is 0.480 e. The molecule has 0 rings (SSSR count). The molecule has 0 fully saturated rings. The first-order valence-electron chi connectivity index (χ1n) is 6.65. The zero-order valence-electron chi connectivity index (χ0n) is 13.5. The first-order valence-corrected chi connectivity index (χ1v) is 6.65. The van der Waals surface area contributed by atoms with Crippen LogP contribution >= 0.6 is 0 Å². The molecule has 0 radical (unpaired) electrons. The molecule has 0 aliphatic carbocycles. The van der Waals surface area contributed by atoms with Crippen molar-refractivity contribution < 1.29 is 29.0 Å². The third-order valence-corrected chi connectivity index (χ3v) is 2.56. The van der Waals surface area contributed by atoms with Crippen LogP contribution in [0.1, 0.15) is 47.5 Å². The molecule has 0 heterocycles. The Balaban J connectivity index is 4.61. The average Bonchev–Trinajstić information content (AvgIpc) is 2.24. The smallest absolute Gasteiger partial charge is 0.326 e. The topological polar surface area (TPSA) is 102 Å². The van der Waals surface area contributed by atoms with Crippen molar-refractivity contribution >= 4 is 17.8 Å². The highest BCUT2D eigenvalue weighted by Gasteiger charge is 2.29. The van der Waals surface area contributed by atoms with E-state index in [1.807, 2.05) is 0 Å². The number of carboxylic acids is 1. The predicted molar refractivity (Wildman–Crippen MR) is 75.7 cm³/mol. The second-order valence-electron chi connectivity index (χ2n) is 6.39. The molecule has 0 saturated carbocycles. The number of nitrogens with one attached hydrogen (secondary N) is 1. The zero-order chi connectivity index (χ0) is 16.8. The van der Waals surface area contributed by atoms with E-state index in [2.05, 4.69) is 5.32 Å². The van der Waals surface area contributed by atoms with Crippen molar-refractivity contribution in [2.45, 2.75) is 64.7 Å². The van der Waals surface area contributed by atoms with Gasteiger partial charge in [0.25, 0.3) is 0 Å². The fourth-order valence-electron chi connectivity index (χ4n) is 1.45. The molecule has 0 saturated heterocycles. The molecule has 1 amide bonds. The Labute approximate surface area is 125 Å². The van der Waals surface area contributed by atoms with Crippen molar-refractivity contribution in [2.24, 2.45) is 0 Å². The Bertz CT molecular complexity index is 397. The molecule has 21 heavy (non-hydrogen) atoms. The van der Waals surface area contributed by atoms with Gasteiger partial charge in [0.2, 0.25) is 5.91 Å². The van der Waals surface area contributed by atoms with Gasteiger partial charge < -0.3 is 19.9 Å². The van der Waals surface area contributed by atoms with E-state index < -0.39 is 41.5 Å². The molecule has 0 aromatic rings. The highest BCUT2D eigenvalue weighted by atomic mass is 16.6. The fourth-order valence-corrected chi connectivity index (χ4v) is 1.45. The van der Waals surface area contributed by atoms with Gasteiger partial charge in [0.15, 0.2) is 0 Å². The number of rotatable bonds is 7. The standard InChI is InChI=1S/C14H25NO6/c1-13(2,3)21-11(17)7-9(12(18)19)15-10(16)8-14(4,5)20-6/h9H,7-8H2,1-6H3,(H,15,16)(H,18,19)/t9-/m0/s1. The van der Waals surface area contributed by atoms with Gasteiger partial charge in [-0.15, -0.1) is 0 Å². The van der Waals surface area contributed by atoms with Crippen LogP contribution in [0.4, 0.5) is 0 Å². The van der Waals surface area contributed by atoms with E-state index in [-0.39, 0.29) is 6.42 Å². The zero-order valence-corrected chi connectivity index (χ0v) is 13.5. The van der Waals surface area contributed by atoms with E-state index in [0.29, 0.717) is 0 Å². The van der Waals surface area contributed by atoms with Crippen molar-refractivity contribution in [1.82, 2.24) is 5.32 Å². The Morgan fingerprint density at radius 2 is 1.67 bits per heavy atom. The first kappa shape index (κ1) is 19.4. The molecule has 7 heteroatoms. The minimum absolute atomic E-state index is 0.0123. The Hall–Kier alpha value is -1.63. The van der Waals surface area contributed by atoms with E-state index in [0.717, 1.165) is 0 Å². The van der Waals surface area contributed by atoms with Crippen LogP contribution in [0.5, 0.6) is 0 Å².